The zero-order chi connectivity index (χ0) is 21.7. The molecule has 0 spiro atoms. The number of aryl methyl sites for hydroxylation is 2. The lowest BCUT2D eigenvalue weighted by Crippen LogP contribution is -2.49. The molecule has 1 aliphatic heterocycles. The van der Waals surface area contributed by atoms with Gasteiger partial charge in [-0.2, -0.15) is 0 Å². The molecular formula is C23H29FN4O2. The predicted molar refractivity (Wildman–Crippen MR) is 116 cm³/mol. The monoisotopic (exact) mass is 412 g/mol. The van der Waals surface area contributed by atoms with E-state index in [1.165, 1.54) is 11.6 Å². The predicted octanol–water partition coefficient (Wildman–Crippen LogP) is 2.49. The van der Waals surface area contributed by atoms with Gasteiger partial charge in [-0.3, -0.25) is 14.5 Å². The first kappa shape index (κ1) is 21.9. The van der Waals surface area contributed by atoms with Crippen molar-refractivity contribution < 1.29 is 14.0 Å². The minimum atomic E-state index is -0.806. The maximum absolute atomic E-state index is 13.7. The van der Waals surface area contributed by atoms with Gasteiger partial charge in [0.05, 0.1) is 6.04 Å². The average Bonchev–Trinajstić information content (AvgIpc) is 2.73. The van der Waals surface area contributed by atoms with Gasteiger partial charge in [0.1, 0.15) is 5.82 Å². The summed E-state index contributed by atoms with van der Waals surface area (Å²) in [5.41, 5.74) is 3.01. The van der Waals surface area contributed by atoms with E-state index in [-0.39, 0.29) is 11.7 Å². The molecule has 1 atom stereocenters. The summed E-state index contributed by atoms with van der Waals surface area (Å²) in [6, 6.07) is 12.6. The fraction of sp³-hybridized carbons (Fsp3) is 0.391. The minimum absolute atomic E-state index is 0.0205. The lowest BCUT2D eigenvalue weighted by atomic mass is 10.0. The summed E-state index contributed by atoms with van der Waals surface area (Å²) in [4.78, 5) is 29.2. The number of hydrogen-bond acceptors (Lipinski definition) is 4. The first-order valence-electron chi connectivity index (χ1n) is 10.2. The Morgan fingerprint density at radius 3 is 2.30 bits per heavy atom. The number of carbonyl (C=O) groups is 2. The van der Waals surface area contributed by atoms with Crippen LogP contribution < -0.4 is 10.6 Å². The SMILES string of the molecule is Cc1ccc(C(CNC(=O)C(=O)Nc2ccc(C)c(F)c2)N2CCN(C)CC2)cc1. The second kappa shape index (κ2) is 9.82. The summed E-state index contributed by atoms with van der Waals surface area (Å²) in [5, 5.41) is 5.21. The molecule has 3 rings (SSSR count). The van der Waals surface area contributed by atoms with E-state index < -0.39 is 17.6 Å². The molecule has 2 aromatic rings. The van der Waals surface area contributed by atoms with Crippen LogP contribution >= 0.6 is 0 Å². The second-order valence-corrected chi connectivity index (χ2v) is 7.89. The summed E-state index contributed by atoms with van der Waals surface area (Å²) < 4.78 is 13.7. The summed E-state index contributed by atoms with van der Waals surface area (Å²) >= 11 is 0. The number of amides is 2. The van der Waals surface area contributed by atoms with Crippen molar-refractivity contribution in [2.24, 2.45) is 0 Å². The molecule has 1 heterocycles. The quantitative estimate of drug-likeness (QED) is 0.741. The molecule has 1 unspecified atom stereocenters. The van der Waals surface area contributed by atoms with Crippen LogP contribution in [0.2, 0.25) is 0 Å². The third-order valence-corrected chi connectivity index (χ3v) is 5.53. The Morgan fingerprint density at radius 1 is 1.00 bits per heavy atom. The number of halogens is 1. The average molecular weight is 413 g/mol. The number of likely N-dealkylation sites (N-methyl/N-ethyl adjacent to an activating group) is 1. The van der Waals surface area contributed by atoms with E-state index in [9.17, 15) is 14.0 Å². The third kappa shape index (κ3) is 5.64. The molecule has 2 aromatic carbocycles. The molecule has 6 nitrogen and oxygen atoms in total. The first-order chi connectivity index (χ1) is 14.3. The molecular weight excluding hydrogens is 383 g/mol. The van der Waals surface area contributed by atoms with Crippen LogP contribution in [0.3, 0.4) is 0 Å². The second-order valence-electron chi connectivity index (χ2n) is 7.89. The number of piperazine rings is 1. The molecule has 0 bridgehead atoms. The van der Waals surface area contributed by atoms with E-state index in [1.54, 1.807) is 19.1 Å². The van der Waals surface area contributed by atoms with E-state index in [2.05, 4.69) is 51.7 Å². The Morgan fingerprint density at radius 2 is 1.67 bits per heavy atom. The summed E-state index contributed by atoms with van der Waals surface area (Å²) in [7, 11) is 2.10. The van der Waals surface area contributed by atoms with Crippen molar-refractivity contribution >= 4 is 17.5 Å². The van der Waals surface area contributed by atoms with Gasteiger partial charge in [0.25, 0.3) is 0 Å². The van der Waals surface area contributed by atoms with Crippen LogP contribution in [0.5, 0.6) is 0 Å². The van der Waals surface area contributed by atoms with Crippen LogP contribution in [0.25, 0.3) is 0 Å². The van der Waals surface area contributed by atoms with Crippen molar-refractivity contribution in [1.29, 1.82) is 0 Å². The van der Waals surface area contributed by atoms with Crippen molar-refractivity contribution in [3.8, 4) is 0 Å². The van der Waals surface area contributed by atoms with E-state index in [0.717, 1.165) is 31.7 Å². The van der Waals surface area contributed by atoms with Gasteiger partial charge < -0.3 is 15.5 Å². The number of rotatable bonds is 5. The zero-order valence-electron chi connectivity index (χ0n) is 17.7. The van der Waals surface area contributed by atoms with Gasteiger partial charge in [0.15, 0.2) is 0 Å². The lowest BCUT2D eigenvalue weighted by molar-refractivity contribution is -0.136. The largest absolute Gasteiger partial charge is 0.346 e. The molecule has 1 fully saturated rings. The van der Waals surface area contributed by atoms with Gasteiger partial charge in [0, 0.05) is 38.4 Å². The van der Waals surface area contributed by atoms with Crippen LogP contribution in [0.1, 0.15) is 22.7 Å². The van der Waals surface area contributed by atoms with E-state index in [4.69, 9.17) is 0 Å². The zero-order valence-corrected chi connectivity index (χ0v) is 17.7. The van der Waals surface area contributed by atoms with Crippen LogP contribution in [0.15, 0.2) is 42.5 Å². The highest BCUT2D eigenvalue weighted by molar-refractivity contribution is 6.39. The standard InChI is InChI=1S/C23H29FN4O2/c1-16-4-7-18(8-5-16)21(28-12-10-27(3)11-13-28)15-25-22(29)23(30)26-19-9-6-17(2)20(24)14-19/h4-9,14,21H,10-13,15H2,1-3H3,(H,25,29)(H,26,30). The lowest BCUT2D eigenvalue weighted by Gasteiger charge is -2.38. The van der Waals surface area contributed by atoms with Gasteiger partial charge in [-0.15, -0.1) is 0 Å². The van der Waals surface area contributed by atoms with Crippen molar-refractivity contribution in [2.75, 3.05) is 45.1 Å². The maximum atomic E-state index is 13.7. The first-order valence-corrected chi connectivity index (χ1v) is 10.2. The van der Waals surface area contributed by atoms with Gasteiger partial charge in [-0.25, -0.2) is 4.39 Å². The molecule has 30 heavy (non-hydrogen) atoms. The number of benzene rings is 2. The topological polar surface area (TPSA) is 64.7 Å². The van der Waals surface area contributed by atoms with Gasteiger partial charge >= 0.3 is 11.8 Å². The van der Waals surface area contributed by atoms with Crippen molar-refractivity contribution in [1.82, 2.24) is 15.1 Å². The molecule has 1 aliphatic rings. The molecule has 7 heteroatoms. The van der Waals surface area contributed by atoms with Crippen LogP contribution in [0.4, 0.5) is 10.1 Å². The smallest absolute Gasteiger partial charge is 0.313 e. The van der Waals surface area contributed by atoms with Crippen LogP contribution in [0, 0.1) is 19.7 Å². The van der Waals surface area contributed by atoms with Crippen molar-refractivity contribution in [3.63, 3.8) is 0 Å². The number of nitrogens with one attached hydrogen (secondary N) is 2. The highest BCUT2D eigenvalue weighted by Gasteiger charge is 2.25. The van der Waals surface area contributed by atoms with E-state index in [1.807, 2.05) is 6.92 Å². The molecule has 0 saturated carbocycles. The van der Waals surface area contributed by atoms with Crippen molar-refractivity contribution in [3.05, 3.63) is 65.0 Å². The highest BCUT2D eigenvalue weighted by Crippen LogP contribution is 2.22. The third-order valence-electron chi connectivity index (χ3n) is 5.53. The summed E-state index contributed by atoms with van der Waals surface area (Å²) in [6.07, 6.45) is 0. The molecule has 160 valence electrons. The van der Waals surface area contributed by atoms with E-state index >= 15 is 0 Å². The van der Waals surface area contributed by atoms with Gasteiger partial charge in [-0.1, -0.05) is 35.9 Å². The number of carbonyl (C=O) groups excluding carboxylic acids is 2. The fourth-order valence-corrected chi connectivity index (χ4v) is 3.51. The normalized spacial score (nSPS) is 16.1. The Balaban J connectivity index is 1.65. The molecule has 0 aliphatic carbocycles. The fourth-order valence-electron chi connectivity index (χ4n) is 3.51. The number of anilines is 1. The highest BCUT2D eigenvalue weighted by atomic mass is 19.1. The Kier molecular flexibility index (Phi) is 7.18. The van der Waals surface area contributed by atoms with Gasteiger partial charge in [-0.05, 0) is 44.2 Å². The summed E-state index contributed by atoms with van der Waals surface area (Å²) in [5.74, 6) is -1.97. The Labute approximate surface area is 177 Å². The molecule has 0 radical (unpaired) electrons. The maximum Gasteiger partial charge on any atom is 0.313 e. The number of nitrogens with zero attached hydrogens (tertiary/aromatic N) is 2. The van der Waals surface area contributed by atoms with E-state index in [0.29, 0.717) is 12.1 Å². The van der Waals surface area contributed by atoms with Crippen LogP contribution in [-0.4, -0.2) is 61.4 Å². The Bertz CT molecular complexity index is 893. The molecule has 2 N–H and O–H groups in total. The summed E-state index contributed by atoms with van der Waals surface area (Å²) in [6.45, 7) is 7.68. The molecule has 0 aromatic heterocycles. The van der Waals surface area contributed by atoms with Gasteiger partial charge in [0.2, 0.25) is 0 Å². The Hall–Kier alpha value is -2.77. The van der Waals surface area contributed by atoms with Crippen LogP contribution in [-0.2, 0) is 9.59 Å². The number of hydrogen-bond donors (Lipinski definition) is 2. The molecule has 2 amide bonds. The van der Waals surface area contributed by atoms with Crippen molar-refractivity contribution in [2.45, 2.75) is 19.9 Å². The minimum Gasteiger partial charge on any atom is -0.346 e. The molecule has 1 saturated heterocycles.